The maximum Gasteiger partial charge on any atom is 0.306 e. The Morgan fingerprint density at radius 1 is 0.307 bits per heavy atom. The monoisotopic (exact) mass is 1400 g/mol. The summed E-state index contributed by atoms with van der Waals surface area (Å²) in [5, 5.41) is 11.9. The third-order valence-electron chi connectivity index (χ3n) is 18.1. The van der Waals surface area contributed by atoms with Crippen LogP contribution >= 0.6 is 0 Å². The van der Waals surface area contributed by atoms with Gasteiger partial charge in [0, 0.05) is 12.8 Å². The number of likely N-dealkylation sites (N-methyl/N-ethyl adjacent to an activating group) is 1. The summed E-state index contributed by atoms with van der Waals surface area (Å²) in [6.45, 7) is 4.62. The van der Waals surface area contributed by atoms with Crippen molar-refractivity contribution in [1.29, 1.82) is 0 Å². The maximum atomic E-state index is 13.0. The topological polar surface area (TPSA) is 111 Å². The van der Waals surface area contributed by atoms with Crippen molar-refractivity contribution in [2.45, 2.75) is 373 Å². The summed E-state index contributed by atoms with van der Waals surface area (Å²) in [6, 6.07) is 0. The number of carboxylic acids is 1. The first kappa shape index (κ1) is 96.2. The molecule has 0 bridgehead atoms. The number of unbranched alkanes of at least 4 members (excludes halogenated alkanes) is 38. The van der Waals surface area contributed by atoms with Crippen LogP contribution in [0.3, 0.4) is 0 Å². The van der Waals surface area contributed by atoms with Crippen molar-refractivity contribution in [3.05, 3.63) is 146 Å². The smallest absolute Gasteiger partial charge is 0.306 e. The molecule has 0 aliphatic rings. The van der Waals surface area contributed by atoms with Crippen LogP contribution in [0.1, 0.15) is 361 Å². The Labute approximate surface area is 623 Å². The summed E-state index contributed by atoms with van der Waals surface area (Å²) in [4.78, 5) is 37.6. The number of ether oxygens (including phenoxy) is 4. The number of carboxylic acid groups (broad SMARTS) is 1. The van der Waals surface area contributed by atoms with Gasteiger partial charge in [0.2, 0.25) is 0 Å². The fraction of sp³-hybridized carbons (Fsp3) is 0.707. The van der Waals surface area contributed by atoms with Crippen LogP contribution in [0.4, 0.5) is 0 Å². The second-order valence-electron chi connectivity index (χ2n) is 29.0. The zero-order chi connectivity index (χ0) is 73.2. The van der Waals surface area contributed by atoms with Gasteiger partial charge in [0.25, 0.3) is 0 Å². The summed E-state index contributed by atoms with van der Waals surface area (Å²) in [5.74, 6) is -2.31. The number of aliphatic carboxylic acids is 1. The molecule has 0 fully saturated rings. The molecule has 0 radical (unpaired) electrons. The van der Waals surface area contributed by atoms with Gasteiger partial charge in [-0.1, -0.05) is 372 Å². The van der Waals surface area contributed by atoms with Gasteiger partial charge in [-0.15, -0.1) is 0 Å². The highest BCUT2D eigenvalue weighted by Crippen LogP contribution is 2.19. The van der Waals surface area contributed by atoms with E-state index in [0.29, 0.717) is 17.4 Å². The molecule has 2 unspecified atom stereocenters. The first-order chi connectivity index (χ1) is 49.6. The minimum absolute atomic E-state index is 0.137. The Bertz CT molecular complexity index is 2180. The van der Waals surface area contributed by atoms with Gasteiger partial charge in [-0.05, 0) is 122 Å². The Balaban J connectivity index is 4.05. The molecule has 0 saturated heterocycles. The number of carbonyl (C=O) groups excluding carboxylic acids is 3. The van der Waals surface area contributed by atoms with Gasteiger partial charge < -0.3 is 33.3 Å². The summed E-state index contributed by atoms with van der Waals surface area (Å²) in [5.41, 5.74) is 0. The highest BCUT2D eigenvalue weighted by molar-refractivity contribution is 5.70. The van der Waals surface area contributed by atoms with E-state index < -0.39 is 24.3 Å². The largest absolute Gasteiger partial charge is 0.545 e. The van der Waals surface area contributed by atoms with Crippen molar-refractivity contribution in [3.63, 3.8) is 0 Å². The summed E-state index contributed by atoms with van der Waals surface area (Å²) < 4.78 is 22.8. The van der Waals surface area contributed by atoms with Gasteiger partial charge in [0.15, 0.2) is 12.4 Å². The molecule has 0 aromatic carbocycles. The van der Waals surface area contributed by atoms with Gasteiger partial charge in [-0.25, -0.2) is 0 Å². The van der Waals surface area contributed by atoms with E-state index in [1.165, 1.54) is 212 Å². The predicted octanol–water partition coefficient (Wildman–Crippen LogP) is 26.0. The van der Waals surface area contributed by atoms with E-state index in [-0.39, 0.29) is 38.6 Å². The van der Waals surface area contributed by atoms with E-state index in [4.69, 9.17) is 18.9 Å². The molecule has 0 saturated carbocycles. The zero-order valence-electron chi connectivity index (χ0n) is 66.2. The van der Waals surface area contributed by atoms with Crippen molar-refractivity contribution in [3.8, 4) is 0 Å². The maximum absolute atomic E-state index is 13.0. The number of hydrogen-bond acceptors (Lipinski definition) is 8. The second-order valence-corrected chi connectivity index (χ2v) is 29.0. The molecule has 2 atom stereocenters. The van der Waals surface area contributed by atoms with E-state index in [2.05, 4.69) is 160 Å². The van der Waals surface area contributed by atoms with Crippen LogP contribution in [0.15, 0.2) is 146 Å². The van der Waals surface area contributed by atoms with Gasteiger partial charge in [-0.2, -0.15) is 0 Å². The lowest BCUT2D eigenvalue weighted by molar-refractivity contribution is -0.870. The molecule has 0 aliphatic heterocycles. The summed E-state index contributed by atoms with van der Waals surface area (Å²) in [6.07, 6.45) is 116. The number of allylic oxidation sites excluding steroid dienone is 24. The van der Waals surface area contributed by atoms with E-state index in [9.17, 15) is 19.5 Å². The van der Waals surface area contributed by atoms with Crippen LogP contribution in [0.2, 0.25) is 0 Å². The van der Waals surface area contributed by atoms with Crippen LogP contribution in [-0.4, -0.2) is 82.3 Å². The summed E-state index contributed by atoms with van der Waals surface area (Å²) in [7, 11) is 5.92. The van der Waals surface area contributed by atoms with Crippen LogP contribution in [0, 0.1) is 0 Å². The molecule has 101 heavy (non-hydrogen) atoms. The number of esters is 2. The average molecular weight is 1410 g/mol. The highest BCUT2D eigenvalue weighted by atomic mass is 16.7. The molecule has 578 valence electrons. The van der Waals surface area contributed by atoms with Crippen LogP contribution in [0.25, 0.3) is 0 Å². The fourth-order valence-electron chi connectivity index (χ4n) is 11.7. The molecule has 0 aromatic heterocycles. The zero-order valence-corrected chi connectivity index (χ0v) is 66.2. The first-order valence-electron chi connectivity index (χ1n) is 42.0. The lowest BCUT2D eigenvalue weighted by Gasteiger charge is -2.26. The van der Waals surface area contributed by atoms with E-state index in [1.807, 2.05) is 21.1 Å². The molecule has 0 spiro atoms. The van der Waals surface area contributed by atoms with Gasteiger partial charge in [-0.3, -0.25) is 9.59 Å². The molecule has 9 heteroatoms. The molecule has 0 heterocycles. The number of hydrogen-bond donors (Lipinski definition) is 0. The minimum atomic E-state index is -1.64. The Hall–Kier alpha value is -4.83. The Morgan fingerprint density at radius 3 is 0.842 bits per heavy atom. The highest BCUT2D eigenvalue weighted by Gasteiger charge is 2.22. The van der Waals surface area contributed by atoms with Crippen molar-refractivity contribution < 1.29 is 42.9 Å². The van der Waals surface area contributed by atoms with Gasteiger partial charge in [0.05, 0.1) is 40.3 Å². The molecule has 0 amide bonds. The third kappa shape index (κ3) is 82.3. The minimum Gasteiger partial charge on any atom is -0.545 e. The van der Waals surface area contributed by atoms with Crippen molar-refractivity contribution >= 4 is 17.9 Å². The lowest BCUT2D eigenvalue weighted by Crippen LogP contribution is -2.44. The van der Waals surface area contributed by atoms with Crippen LogP contribution in [-0.2, 0) is 33.3 Å². The third-order valence-corrected chi connectivity index (χ3v) is 18.1. The molecule has 0 rings (SSSR count). The van der Waals surface area contributed by atoms with Crippen molar-refractivity contribution in [2.24, 2.45) is 0 Å². The number of nitrogens with zero attached hydrogens (tertiary/aromatic N) is 1. The summed E-state index contributed by atoms with van der Waals surface area (Å²) >= 11 is 0. The molecule has 0 aliphatic carbocycles. The SMILES string of the molecule is CC/C=C\C/C=C\C/C=C\C/C=C\C/C=C\C/C=C\C/C=C\C/C=C\C/C=C\C/C=C\CCCCCCC(=O)OC(COC(=O)CCCCCCCCCCCCCCCCCCCCCCCCCCCCCCC/C=C\C/C=C\CCCCCCC)COC(OCC[N+](C)(C)C)C(=O)[O-]. The molecule has 9 nitrogen and oxygen atoms in total. The average Bonchev–Trinajstić information content (AvgIpc) is 1.25. The van der Waals surface area contributed by atoms with Crippen LogP contribution in [0.5, 0.6) is 0 Å². The fourth-order valence-corrected chi connectivity index (χ4v) is 11.7. The Kier molecular flexibility index (Phi) is 77.0. The lowest BCUT2D eigenvalue weighted by atomic mass is 10.0. The Morgan fingerprint density at radius 2 is 0.564 bits per heavy atom. The first-order valence-corrected chi connectivity index (χ1v) is 42.0. The quantitative estimate of drug-likeness (QED) is 0.0195. The van der Waals surface area contributed by atoms with Gasteiger partial charge in [0.1, 0.15) is 13.2 Å². The number of carbonyl (C=O) groups is 3. The standard InChI is InChI=1S/C92H157NO8/c1-6-8-10-12-14-16-18-20-22-24-26-28-30-32-34-36-38-40-42-43-44-45-46-47-49-50-52-54-56-58-60-62-64-66-68-70-72-74-76-78-80-82-89(94)99-86-88(87-100-92(91(96)97)98-85-84-93(3,4)5)101-90(95)83-81-79-77-75-73-71-69-67-65-63-61-59-57-55-53-51-48-41-39-37-35-33-31-29-27-25-23-21-19-17-15-13-11-9-7-2/h9,11,15,17-18,20-21,23-24,26-27,29,33,35,39,41,51,53,57,59,63,65,69,71,88,92H,6-8,10,12-14,16,19,22,25,28,30-32,34,36-38,40,42-50,52,54-56,58,60-62,64,66-68,70,72-87H2,1-5H3/b11-9-,17-15-,20-18-,23-21-,26-24-,29-27-,35-33-,41-39-,53-51-,59-57-,65-63-,71-69-. The molecular weight excluding hydrogens is 1250 g/mol. The van der Waals surface area contributed by atoms with E-state index in [1.54, 1.807) is 0 Å². The van der Waals surface area contributed by atoms with Crippen molar-refractivity contribution in [1.82, 2.24) is 0 Å². The van der Waals surface area contributed by atoms with Crippen LogP contribution < -0.4 is 5.11 Å². The number of quaternary nitrogens is 1. The normalized spacial score (nSPS) is 13.4. The van der Waals surface area contributed by atoms with E-state index >= 15 is 0 Å². The predicted molar refractivity (Wildman–Crippen MR) is 435 cm³/mol. The van der Waals surface area contributed by atoms with Crippen molar-refractivity contribution in [2.75, 3.05) is 47.5 Å². The number of rotatable bonds is 77. The molecular formula is C92H157NO8. The van der Waals surface area contributed by atoms with Gasteiger partial charge >= 0.3 is 11.9 Å². The molecule has 0 N–H and O–H groups in total. The molecule has 0 aromatic rings. The second kappa shape index (κ2) is 80.8. The van der Waals surface area contributed by atoms with E-state index in [0.717, 1.165) is 116 Å².